The SMILES string of the molecule is O=c1[nH]ncc(N2CC[C@@H](OCCN3CCCCC3)C2)c1Cl. The molecule has 1 N–H and O–H groups in total. The third-order valence-corrected chi connectivity index (χ3v) is 4.84. The molecule has 0 spiro atoms. The van der Waals surface area contributed by atoms with Gasteiger partial charge in [0, 0.05) is 19.6 Å². The number of ether oxygens (including phenoxy) is 1. The number of piperidine rings is 1. The molecule has 1 aromatic heterocycles. The molecule has 122 valence electrons. The Labute approximate surface area is 135 Å². The number of H-pyrrole nitrogens is 1. The van der Waals surface area contributed by atoms with Gasteiger partial charge in [-0.2, -0.15) is 5.10 Å². The van der Waals surface area contributed by atoms with Crippen molar-refractivity contribution in [2.24, 2.45) is 0 Å². The van der Waals surface area contributed by atoms with E-state index >= 15 is 0 Å². The van der Waals surface area contributed by atoms with Gasteiger partial charge < -0.3 is 14.5 Å². The number of aromatic nitrogens is 2. The van der Waals surface area contributed by atoms with Gasteiger partial charge in [-0.15, -0.1) is 0 Å². The minimum absolute atomic E-state index is 0.208. The van der Waals surface area contributed by atoms with Crippen LogP contribution in [0.15, 0.2) is 11.0 Å². The highest BCUT2D eigenvalue weighted by atomic mass is 35.5. The van der Waals surface area contributed by atoms with Gasteiger partial charge >= 0.3 is 0 Å². The predicted octanol–water partition coefficient (Wildman–Crippen LogP) is 1.50. The molecule has 2 saturated heterocycles. The summed E-state index contributed by atoms with van der Waals surface area (Å²) in [6.07, 6.45) is 6.76. The zero-order chi connectivity index (χ0) is 15.4. The van der Waals surface area contributed by atoms with Crippen LogP contribution in [0.4, 0.5) is 5.69 Å². The fourth-order valence-electron chi connectivity index (χ4n) is 3.21. The maximum Gasteiger partial charge on any atom is 0.285 e. The second kappa shape index (κ2) is 7.44. The summed E-state index contributed by atoms with van der Waals surface area (Å²) in [4.78, 5) is 16.1. The lowest BCUT2D eigenvalue weighted by atomic mass is 10.1. The predicted molar refractivity (Wildman–Crippen MR) is 86.7 cm³/mol. The average Bonchev–Trinajstić information content (AvgIpc) is 3.00. The minimum atomic E-state index is -0.339. The largest absolute Gasteiger partial charge is 0.375 e. The lowest BCUT2D eigenvalue weighted by Crippen LogP contribution is -2.34. The summed E-state index contributed by atoms with van der Waals surface area (Å²) < 4.78 is 5.99. The number of aromatic amines is 1. The summed E-state index contributed by atoms with van der Waals surface area (Å²) in [5.41, 5.74) is 0.362. The number of hydrogen-bond acceptors (Lipinski definition) is 5. The van der Waals surface area contributed by atoms with Crippen molar-refractivity contribution < 1.29 is 4.74 Å². The van der Waals surface area contributed by atoms with Crippen LogP contribution in [0.2, 0.25) is 5.02 Å². The third-order valence-electron chi connectivity index (χ3n) is 4.47. The van der Waals surface area contributed by atoms with Crippen molar-refractivity contribution in [2.45, 2.75) is 31.8 Å². The first kappa shape index (κ1) is 15.8. The molecule has 7 heteroatoms. The minimum Gasteiger partial charge on any atom is -0.375 e. The summed E-state index contributed by atoms with van der Waals surface area (Å²) >= 11 is 6.05. The molecule has 22 heavy (non-hydrogen) atoms. The summed E-state index contributed by atoms with van der Waals surface area (Å²) in [5, 5.41) is 6.38. The van der Waals surface area contributed by atoms with Gasteiger partial charge in [0.2, 0.25) is 0 Å². The average molecular weight is 327 g/mol. The van der Waals surface area contributed by atoms with Crippen molar-refractivity contribution in [2.75, 3.05) is 44.2 Å². The van der Waals surface area contributed by atoms with E-state index in [1.807, 2.05) is 0 Å². The van der Waals surface area contributed by atoms with Crippen molar-refractivity contribution >= 4 is 17.3 Å². The lowest BCUT2D eigenvalue weighted by Gasteiger charge is -2.26. The number of hydrogen-bond donors (Lipinski definition) is 1. The van der Waals surface area contributed by atoms with Crippen LogP contribution >= 0.6 is 11.6 Å². The van der Waals surface area contributed by atoms with E-state index in [1.54, 1.807) is 6.20 Å². The Bertz CT molecular complexity index is 545. The molecule has 0 saturated carbocycles. The van der Waals surface area contributed by atoms with E-state index in [2.05, 4.69) is 20.0 Å². The molecule has 0 amide bonds. The number of rotatable bonds is 5. The van der Waals surface area contributed by atoms with Crippen LogP contribution in [0, 0.1) is 0 Å². The molecule has 0 radical (unpaired) electrons. The highest BCUT2D eigenvalue weighted by molar-refractivity contribution is 6.33. The zero-order valence-electron chi connectivity index (χ0n) is 12.8. The Morgan fingerprint density at radius 1 is 1.32 bits per heavy atom. The van der Waals surface area contributed by atoms with Crippen LogP contribution in [0.25, 0.3) is 0 Å². The van der Waals surface area contributed by atoms with Crippen LogP contribution in [0.5, 0.6) is 0 Å². The van der Waals surface area contributed by atoms with Gasteiger partial charge in [0.05, 0.1) is 24.6 Å². The summed E-state index contributed by atoms with van der Waals surface area (Å²) in [7, 11) is 0. The van der Waals surface area contributed by atoms with Gasteiger partial charge in [0.1, 0.15) is 5.02 Å². The maximum atomic E-state index is 11.5. The quantitative estimate of drug-likeness (QED) is 0.888. The molecule has 0 bridgehead atoms. The first-order valence-electron chi connectivity index (χ1n) is 8.06. The van der Waals surface area contributed by atoms with Crippen molar-refractivity contribution in [1.82, 2.24) is 15.1 Å². The van der Waals surface area contributed by atoms with Crippen LogP contribution in [0.3, 0.4) is 0 Å². The van der Waals surface area contributed by atoms with E-state index in [1.165, 1.54) is 32.4 Å². The number of nitrogens with one attached hydrogen (secondary N) is 1. The standard InChI is InChI=1S/C15H23ClN4O2/c16-14-13(10-17-18-15(14)21)20-7-4-12(11-20)22-9-8-19-5-2-1-3-6-19/h10,12H,1-9,11H2,(H,18,21)/t12-/m1/s1. The first-order valence-corrected chi connectivity index (χ1v) is 8.44. The molecule has 6 nitrogen and oxygen atoms in total. The summed E-state index contributed by atoms with van der Waals surface area (Å²) in [5.74, 6) is 0. The van der Waals surface area contributed by atoms with Gasteiger partial charge in [-0.3, -0.25) is 4.79 Å². The molecule has 3 rings (SSSR count). The van der Waals surface area contributed by atoms with E-state index < -0.39 is 0 Å². The second-order valence-electron chi connectivity index (χ2n) is 6.03. The molecule has 2 aliphatic heterocycles. The van der Waals surface area contributed by atoms with Gasteiger partial charge in [-0.05, 0) is 32.4 Å². The van der Waals surface area contributed by atoms with Gasteiger partial charge in [0.25, 0.3) is 5.56 Å². The number of likely N-dealkylation sites (tertiary alicyclic amines) is 1. The van der Waals surface area contributed by atoms with Crippen LogP contribution in [-0.2, 0) is 4.74 Å². The van der Waals surface area contributed by atoms with Crippen molar-refractivity contribution in [3.05, 3.63) is 21.6 Å². The van der Waals surface area contributed by atoms with E-state index in [4.69, 9.17) is 16.3 Å². The maximum absolute atomic E-state index is 11.5. The fraction of sp³-hybridized carbons (Fsp3) is 0.733. The Morgan fingerprint density at radius 3 is 2.95 bits per heavy atom. The summed E-state index contributed by atoms with van der Waals surface area (Å²) in [6.45, 7) is 5.82. The summed E-state index contributed by atoms with van der Waals surface area (Å²) in [6, 6.07) is 0. The zero-order valence-corrected chi connectivity index (χ0v) is 13.5. The molecule has 1 aromatic rings. The first-order chi connectivity index (χ1) is 10.7. The van der Waals surface area contributed by atoms with E-state index in [0.29, 0.717) is 5.69 Å². The molecule has 0 unspecified atom stereocenters. The van der Waals surface area contributed by atoms with Crippen molar-refractivity contribution in [3.63, 3.8) is 0 Å². The lowest BCUT2D eigenvalue weighted by molar-refractivity contribution is 0.0467. The molecule has 2 aliphatic rings. The topological polar surface area (TPSA) is 61.5 Å². The Balaban J connectivity index is 1.46. The van der Waals surface area contributed by atoms with Gasteiger partial charge in [-0.1, -0.05) is 18.0 Å². The molecular formula is C15H23ClN4O2. The number of anilines is 1. The van der Waals surface area contributed by atoms with Gasteiger partial charge in [-0.25, -0.2) is 5.10 Å². The van der Waals surface area contributed by atoms with Crippen LogP contribution in [0.1, 0.15) is 25.7 Å². The molecule has 0 aliphatic carbocycles. The molecule has 1 atom stereocenters. The smallest absolute Gasteiger partial charge is 0.285 e. The van der Waals surface area contributed by atoms with Crippen molar-refractivity contribution in [3.8, 4) is 0 Å². The molecule has 0 aromatic carbocycles. The highest BCUT2D eigenvalue weighted by Crippen LogP contribution is 2.25. The van der Waals surface area contributed by atoms with Gasteiger partial charge in [0.15, 0.2) is 0 Å². The Morgan fingerprint density at radius 2 is 2.14 bits per heavy atom. The number of nitrogens with zero attached hydrogens (tertiary/aromatic N) is 3. The van der Waals surface area contributed by atoms with E-state index in [0.717, 1.165) is 32.7 Å². The Hall–Kier alpha value is -1.11. The van der Waals surface area contributed by atoms with E-state index in [9.17, 15) is 4.79 Å². The monoisotopic (exact) mass is 326 g/mol. The second-order valence-corrected chi connectivity index (χ2v) is 6.41. The van der Waals surface area contributed by atoms with Crippen LogP contribution < -0.4 is 10.5 Å². The normalized spacial score (nSPS) is 23.1. The van der Waals surface area contributed by atoms with Crippen LogP contribution in [-0.4, -0.2) is 60.5 Å². The molecular weight excluding hydrogens is 304 g/mol. The third kappa shape index (κ3) is 3.80. The Kier molecular flexibility index (Phi) is 5.33. The molecule has 2 fully saturated rings. The van der Waals surface area contributed by atoms with Crippen molar-refractivity contribution in [1.29, 1.82) is 0 Å². The molecule has 3 heterocycles. The van der Waals surface area contributed by atoms with E-state index in [-0.39, 0.29) is 16.7 Å². The number of halogens is 1. The highest BCUT2D eigenvalue weighted by Gasteiger charge is 2.25. The fourth-order valence-corrected chi connectivity index (χ4v) is 3.42.